The third-order valence-corrected chi connectivity index (χ3v) is 3.50. The summed E-state index contributed by atoms with van der Waals surface area (Å²) in [5.41, 5.74) is 0.910. The molecule has 0 saturated heterocycles. The van der Waals surface area contributed by atoms with Gasteiger partial charge < -0.3 is 14.8 Å². The van der Waals surface area contributed by atoms with Gasteiger partial charge in [0.15, 0.2) is 6.61 Å². The van der Waals surface area contributed by atoms with Crippen LogP contribution in [0.4, 0.5) is 4.79 Å². The monoisotopic (exact) mass is 370 g/mol. The van der Waals surface area contributed by atoms with Gasteiger partial charge in [0.2, 0.25) is 0 Å². The average Bonchev–Trinajstić information content (AvgIpc) is 2.58. The van der Waals surface area contributed by atoms with Crippen molar-refractivity contribution < 1.29 is 23.9 Å². The van der Waals surface area contributed by atoms with Gasteiger partial charge in [-0.3, -0.25) is 14.9 Å². The Morgan fingerprint density at radius 1 is 1.24 bits per heavy atom. The predicted molar refractivity (Wildman–Crippen MR) is 93.7 cm³/mol. The number of rotatable bonds is 9. The van der Waals surface area contributed by atoms with Crippen LogP contribution in [-0.4, -0.2) is 37.7 Å². The number of ether oxygens (including phenoxy) is 2. The second-order valence-electron chi connectivity index (χ2n) is 5.33. The minimum atomic E-state index is -0.671. The van der Waals surface area contributed by atoms with Gasteiger partial charge in [-0.15, -0.1) is 0 Å². The summed E-state index contributed by atoms with van der Waals surface area (Å²) in [4.78, 5) is 34.2. The largest absolute Gasteiger partial charge is 0.494 e. The molecule has 138 valence electrons. The molecule has 0 atom stereocenters. The lowest BCUT2D eigenvalue weighted by Gasteiger charge is -2.08. The van der Waals surface area contributed by atoms with Crippen molar-refractivity contribution in [3.63, 3.8) is 0 Å². The molecule has 0 radical (unpaired) electrons. The standard InChI is InChI=1S/C17H23ClN2O5/c1-3-8-19-17(23)20-15(21)11-25-16(22)5-4-9-24-13-6-7-14(18)12(2)10-13/h6-7,10H,3-5,8-9,11H2,1-2H3,(H2,19,20,21,23). The molecular weight excluding hydrogens is 348 g/mol. The number of carbonyl (C=O) groups is 3. The van der Waals surface area contributed by atoms with Gasteiger partial charge in [0.25, 0.3) is 5.91 Å². The maximum atomic E-state index is 11.5. The summed E-state index contributed by atoms with van der Waals surface area (Å²) in [7, 11) is 0. The first-order chi connectivity index (χ1) is 11.9. The first-order valence-corrected chi connectivity index (χ1v) is 8.42. The van der Waals surface area contributed by atoms with E-state index in [9.17, 15) is 14.4 Å². The number of amides is 3. The molecule has 0 bridgehead atoms. The number of imide groups is 1. The van der Waals surface area contributed by atoms with E-state index in [0.29, 0.717) is 30.3 Å². The molecule has 0 aromatic heterocycles. The zero-order chi connectivity index (χ0) is 18.7. The number of nitrogens with one attached hydrogen (secondary N) is 2. The Bertz CT molecular complexity index is 607. The van der Waals surface area contributed by atoms with Crippen LogP contribution >= 0.6 is 11.6 Å². The van der Waals surface area contributed by atoms with Crippen LogP contribution in [0.15, 0.2) is 18.2 Å². The number of aryl methyl sites for hydroxylation is 1. The van der Waals surface area contributed by atoms with Gasteiger partial charge in [-0.1, -0.05) is 18.5 Å². The smallest absolute Gasteiger partial charge is 0.321 e. The van der Waals surface area contributed by atoms with E-state index in [-0.39, 0.29) is 6.42 Å². The summed E-state index contributed by atoms with van der Waals surface area (Å²) >= 11 is 5.93. The van der Waals surface area contributed by atoms with Gasteiger partial charge in [0.1, 0.15) is 5.75 Å². The highest BCUT2D eigenvalue weighted by molar-refractivity contribution is 6.31. The van der Waals surface area contributed by atoms with Gasteiger partial charge in [-0.25, -0.2) is 4.79 Å². The van der Waals surface area contributed by atoms with Crippen molar-refractivity contribution in [1.29, 1.82) is 0 Å². The van der Waals surface area contributed by atoms with E-state index in [1.54, 1.807) is 12.1 Å². The van der Waals surface area contributed by atoms with Crippen LogP contribution in [0, 0.1) is 6.92 Å². The van der Waals surface area contributed by atoms with Gasteiger partial charge in [0, 0.05) is 18.0 Å². The molecule has 0 saturated carbocycles. The number of esters is 1. The van der Waals surface area contributed by atoms with Crippen molar-refractivity contribution >= 4 is 29.5 Å². The second-order valence-corrected chi connectivity index (χ2v) is 5.73. The zero-order valence-corrected chi connectivity index (χ0v) is 15.1. The van der Waals surface area contributed by atoms with Crippen LogP contribution in [-0.2, 0) is 14.3 Å². The number of carbonyl (C=O) groups excluding carboxylic acids is 3. The molecule has 2 N–H and O–H groups in total. The SMILES string of the molecule is CCCNC(=O)NC(=O)COC(=O)CCCOc1ccc(Cl)c(C)c1. The molecule has 7 nitrogen and oxygen atoms in total. The Kier molecular flexibility index (Phi) is 9.39. The molecule has 0 aliphatic rings. The first kappa shape index (κ1) is 20.8. The van der Waals surface area contributed by atoms with E-state index in [1.165, 1.54) is 0 Å². The molecule has 8 heteroatoms. The molecule has 1 aromatic rings. The molecule has 0 spiro atoms. The maximum absolute atomic E-state index is 11.5. The Morgan fingerprint density at radius 2 is 2.00 bits per heavy atom. The lowest BCUT2D eigenvalue weighted by Crippen LogP contribution is -2.41. The van der Waals surface area contributed by atoms with E-state index in [2.05, 4.69) is 10.6 Å². The van der Waals surface area contributed by atoms with Gasteiger partial charge >= 0.3 is 12.0 Å². The summed E-state index contributed by atoms with van der Waals surface area (Å²) in [6, 6.07) is 4.71. The number of halogens is 1. The van der Waals surface area contributed by atoms with Crippen LogP contribution in [0.2, 0.25) is 5.02 Å². The molecule has 25 heavy (non-hydrogen) atoms. The van der Waals surface area contributed by atoms with E-state index < -0.39 is 24.5 Å². The summed E-state index contributed by atoms with van der Waals surface area (Å²) < 4.78 is 10.3. The van der Waals surface area contributed by atoms with Crippen molar-refractivity contribution in [3.8, 4) is 5.75 Å². The molecule has 3 amide bonds. The highest BCUT2D eigenvalue weighted by atomic mass is 35.5. The number of urea groups is 1. The van der Waals surface area contributed by atoms with Crippen molar-refractivity contribution in [3.05, 3.63) is 28.8 Å². The Balaban J connectivity index is 2.15. The van der Waals surface area contributed by atoms with Crippen LogP contribution in [0.5, 0.6) is 5.75 Å². The fraction of sp³-hybridized carbons (Fsp3) is 0.471. The Labute approximate surface area is 152 Å². The average molecular weight is 371 g/mol. The molecule has 1 aromatic carbocycles. The van der Waals surface area contributed by atoms with Crippen LogP contribution in [0.1, 0.15) is 31.7 Å². The fourth-order valence-corrected chi connectivity index (χ4v) is 1.89. The van der Waals surface area contributed by atoms with Crippen LogP contribution in [0.25, 0.3) is 0 Å². The predicted octanol–water partition coefficient (Wildman–Crippen LogP) is 2.59. The van der Waals surface area contributed by atoms with Gasteiger partial charge in [0.05, 0.1) is 6.61 Å². The molecule has 1 rings (SSSR count). The van der Waals surface area contributed by atoms with Gasteiger partial charge in [-0.05, 0) is 43.5 Å². The minimum absolute atomic E-state index is 0.113. The minimum Gasteiger partial charge on any atom is -0.494 e. The van der Waals surface area contributed by atoms with Crippen molar-refractivity contribution in [2.45, 2.75) is 33.1 Å². The third-order valence-electron chi connectivity index (χ3n) is 3.08. The van der Waals surface area contributed by atoms with E-state index in [4.69, 9.17) is 21.1 Å². The summed E-state index contributed by atoms with van der Waals surface area (Å²) in [5.74, 6) is -0.525. The first-order valence-electron chi connectivity index (χ1n) is 8.04. The van der Waals surface area contributed by atoms with E-state index in [0.717, 1.165) is 12.0 Å². The lowest BCUT2D eigenvalue weighted by atomic mass is 10.2. The molecule has 0 unspecified atom stereocenters. The summed E-state index contributed by atoms with van der Waals surface area (Å²) in [5, 5.41) is 5.21. The molecule has 0 heterocycles. The molecule has 0 fully saturated rings. The number of hydrogen-bond acceptors (Lipinski definition) is 5. The second kappa shape index (κ2) is 11.3. The van der Waals surface area contributed by atoms with Gasteiger partial charge in [-0.2, -0.15) is 0 Å². The summed E-state index contributed by atoms with van der Waals surface area (Å²) in [6.07, 6.45) is 1.31. The fourth-order valence-electron chi connectivity index (χ4n) is 1.78. The quantitative estimate of drug-likeness (QED) is 0.514. The normalized spacial score (nSPS) is 10.0. The molecule has 0 aliphatic carbocycles. The third kappa shape index (κ3) is 8.95. The molecule has 0 aliphatic heterocycles. The van der Waals surface area contributed by atoms with Crippen molar-refractivity contribution in [2.24, 2.45) is 0 Å². The molecular formula is C17H23ClN2O5. The van der Waals surface area contributed by atoms with Crippen LogP contribution in [0.3, 0.4) is 0 Å². The Hall–Kier alpha value is -2.28. The Morgan fingerprint density at radius 3 is 2.68 bits per heavy atom. The highest BCUT2D eigenvalue weighted by Crippen LogP contribution is 2.21. The van der Waals surface area contributed by atoms with Crippen LogP contribution < -0.4 is 15.4 Å². The topological polar surface area (TPSA) is 93.7 Å². The van der Waals surface area contributed by atoms with E-state index in [1.807, 2.05) is 19.9 Å². The number of benzene rings is 1. The number of hydrogen-bond donors (Lipinski definition) is 2. The maximum Gasteiger partial charge on any atom is 0.321 e. The van der Waals surface area contributed by atoms with Crippen molar-refractivity contribution in [2.75, 3.05) is 19.8 Å². The lowest BCUT2D eigenvalue weighted by molar-refractivity contribution is -0.148. The highest BCUT2D eigenvalue weighted by Gasteiger charge is 2.10. The zero-order valence-electron chi connectivity index (χ0n) is 14.4. The van der Waals surface area contributed by atoms with Crippen molar-refractivity contribution in [1.82, 2.24) is 10.6 Å². The van der Waals surface area contributed by atoms with E-state index >= 15 is 0 Å². The summed E-state index contributed by atoms with van der Waals surface area (Å²) in [6.45, 7) is 4.07.